The molecular formula is C28H52N4O5. The quantitative estimate of drug-likeness (QED) is 0.0645. The number of unbranched alkanes of at least 4 members (excludes halogenated alkanes) is 12. The number of carbonyl (C=O) groups is 3. The summed E-state index contributed by atoms with van der Waals surface area (Å²) in [6.07, 6.45) is 18.5. The number of aliphatic imine (C=N–C) groups is 1. The number of hydrogen-bond donors (Lipinski definition) is 3. The van der Waals surface area contributed by atoms with Gasteiger partial charge >= 0.3 is 12.0 Å². The van der Waals surface area contributed by atoms with E-state index in [-0.39, 0.29) is 12.5 Å². The van der Waals surface area contributed by atoms with Gasteiger partial charge < -0.3 is 20.7 Å². The lowest BCUT2D eigenvalue weighted by Crippen LogP contribution is -2.47. The molecule has 0 aromatic carbocycles. The molecule has 3 amide bonds. The number of amides is 3. The van der Waals surface area contributed by atoms with Gasteiger partial charge in [0.15, 0.2) is 0 Å². The van der Waals surface area contributed by atoms with Crippen molar-refractivity contribution >= 4 is 24.0 Å². The highest BCUT2D eigenvalue weighted by atomic mass is 16.5. The predicted molar refractivity (Wildman–Crippen MR) is 147 cm³/mol. The van der Waals surface area contributed by atoms with Crippen LogP contribution < -0.4 is 16.0 Å². The van der Waals surface area contributed by atoms with Crippen molar-refractivity contribution in [3.63, 3.8) is 0 Å². The van der Waals surface area contributed by atoms with Crippen molar-refractivity contribution in [2.75, 3.05) is 26.2 Å². The molecule has 0 bridgehead atoms. The number of isocyanates is 1. The molecule has 0 heterocycles. The molecule has 0 aliphatic rings. The van der Waals surface area contributed by atoms with Crippen molar-refractivity contribution in [2.45, 2.75) is 129 Å². The van der Waals surface area contributed by atoms with E-state index in [4.69, 9.17) is 4.74 Å². The smallest absolute Gasteiger partial charge is 0.328 e. The second-order valence-electron chi connectivity index (χ2n) is 9.52. The molecule has 0 unspecified atom stereocenters. The Labute approximate surface area is 224 Å². The molecule has 0 spiro atoms. The molecular weight excluding hydrogens is 472 g/mol. The third kappa shape index (κ3) is 23.7. The van der Waals surface area contributed by atoms with E-state index in [2.05, 4.69) is 27.9 Å². The summed E-state index contributed by atoms with van der Waals surface area (Å²) in [6.45, 7) is 5.77. The molecule has 37 heavy (non-hydrogen) atoms. The molecule has 1 atom stereocenters. The Morgan fingerprint density at radius 3 is 2.03 bits per heavy atom. The third-order valence-electron chi connectivity index (χ3n) is 6.17. The first kappa shape index (κ1) is 34.6. The number of nitrogens with zero attached hydrogens (tertiary/aromatic N) is 1. The fourth-order valence-corrected chi connectivity index (χ4v) is 4.00. The number of urea groups is 1. The summed E-state index contributed by atoms with van der Waals surface area (Å²) in [5, 5.41) is 8.43. The van der Waals surface area contributed by atoms with Crippen LogP contribution in [0.15, 0.2) is 4.99 Å². The standard InChI is InChI=1S/C28H52N4O5/c1-3-5-6-7-8-9-10-11-14-20-26(34)30-22-18-15-19-25(27(35)37-4-2)32-28(36)31-23-17-13-12-16-21-29-24-33/h25H,3-23H2,1-2H3,(H,30,34)(H2,31,32,36)/t25-/m0/s1. The molecule has 0 aliphatic carbocycles. The number of hydrogen-bond acceptors (Lipinski definition) is 6. The monoisotopic (exact) mass is 524 g/mol. The van der Waals surface area contributed by atoms with E-state index in [0.29, 0.717) is 38.9 Å². The summed E-state index contributed by atoms with van der Waals surface area (Å²) < 4.78 is 5.10. The zero-order chi connectivity index (χ0) is 27.4. The van der Waals surface area contributed by atoms with E-state index >= 15 is 0 Å². The molecule has 0 aliphatic heterocycles. The van der Waals surface area contributed by atoms with Crippen molar-refractivity contribution < 1.29 is 23.9 Å². The SMILES string of the molecule is CCCCCCCCCCCC(=O)NCCCC[C@H](NC(=O)NCCCCCCN=C=O)C(=O)OCC. The van der Waals surface area contributed by atoms with Crippen molar-refractivity contribution in [3.8, 4) is 0 Å². The molecule has 0 radical (unpaired) electrons. The molecule has 0 fully saturated rings. The van der Waals surface area contributed by atoms with Crippen molar-refractivity contribution in [1.82, 2.24) is 16.0 Å². The van der Waals surface area contributed by atoms with Crippen molar-refractivity contribution in [3.05, 3.63) is 0 Å². The number of carbonyl (C=O) groups excluding carboxylic acids is 4. The molecule has 0 rings (SSSR count). The van der Waals surface area contributed by atoms with Crippen LogP contribution in [0, 0.1) is 0 Å². The van der Waals surface area contributed by atoms with Crippen molar-refractivity contribution in [2.24, 2.45) is 4.99 Å². The minimum absolute atomic E-state index is 0.0823. The van der Waals surface area contributed by atoms with Crippen LogP contribution in [0.4, 0.5) is 4.79 Å². The van der Waals surface area contributed by atoms with Crippen LogP contribution in [0.3, 0.4) is 0 Å². The summed E-state index contributed by atoms with van der Waals surface area (Å²) in [5.41, 5.74) is 0. The van der Waals surface area contributed by atoms with Crippen LogP contribution in [-0.4, -0.2) is 56.3 Å². The second kappa shape index (κ2) is 26.6. The van der Waals surface area contributed by atoms with Gasteiger partial charge in [-0.05, 0) is 45.4 Å². The fourth-order valence-electron chi connectivity index (χ4n) is 4.00. The average molecular weight is 525 g/mol. The maximum absolute atomic E-state index is 12.2. The molecule has 3 N–H and O–H groups in total. The second-order valence-corrected chi connectivity index (χ2v) is 9.52. The Bertz CT molecular complexity index is 638. The van der Waals surface area contributed by atoms with Crippen LogP contribution in [0.1, 0.15) is 123 Å². The number of esters is 1. The van der Waals surface area contributed by atoms with E-state index in [9.17, 15) is 19.2 Å². The van der Waals surface area contributed by atoms with Crippen molar-refractivity contribution in [1.29, 1.82) is 0 Å². The van der Waals surface area contributed by atoms with Crippen LogP contribution in [0.5, 0.6) is 0 Å². The van der Waals surface area contributed by atoms with Crippen LogP contribution in [-0.2, 0) is 19.1 Å². The van der Waals surface area contributed by atoms with Gasteiger partial charge in [-0.3, -0.25) is 4.79 Å². The Morgan fingerprint density at radius 1 is 0.757 bits per heavy atom. The van der Waals surface area contributed by atoms with Crippen LogP contribution in [0.25, 0.3) is 0 Å². The Hall–Kier alpha value is -2.41. The van der Waals surface area contributed by atoms with Gasteiger partial charge in [-0.15, -0.1) is 0 Å². The molecule has 0 aromatic heterocycles. The number of rotatable bonds is 25. The summed E-state index contributed by atoms with van der Waals surface area (Å²) in [4.78, 5) is 50.0. The minimum atomic E-state index is -0.709. The van der Waals surface area contributed by atoms with Gasteiger partial charge in [0.2, 0.25) is 12.0 Å². The Balaban J connectivity index is 3.94. The number of nitrogens with one attached hydrogen (secondary N) is 3. The predicted octanol–water partition coefficient (Wildman–Crippen LogP) is 5.32. The molecule has 214 valence electrons. The summed E-state index contributed by atoms with van der Waals surface area (Å²) >= 11 is 0. The van der Waals surface area contributed by atoms with E-state index in [1.54, 1.807) is 6.92 Å². The van der Waals surface area contributed by atoms with Gasteiger partial charge in [0, 0.05) is 19.5 Å². The lowest BCUT2D eigenvalue weighted by Gasteiger charge is -2.18. The molecule has 0 saturated heterocycles. The lowest BCUT2D eigenvalue weighted by molar-refractivity contribution is -0.145. The zero-order valence-electron chi connectivity index (χ0n) is 23.4. The summed E-state index contributed by atoms with van der Waals surface area (Å²) in [7, 11) is 0. The molecule has 9 nitrogen and oxygen atoms in total. The molecule has 0 aromatic rings. The zero-order valence-corrected chi connectivity index (χ0v) is 23.4. The van der Waals surface area contributed by atoms with Crippen LogP contribution in [0.2, 0.25) is 0 Å². The maximum atomic E-state index is 12.2. The summed E-state index contributed by atoms with van der Waals surface area (Å²) in [5.74, 6) is -0.360. The molecule has 9 heteroatoms. The maximum Gasteiger partial charge on any atom is 0.328 e. The van der Waals surface area contributed by atoms with E-state index in [0.717, 1.165) is 44.9 Å². The van der Waals surface area contributed by atoms with Gasteiger partial charge in [0.25, 0.3) is 0 Å². The van der Waals surface area contributed by atoms with Gasteiger partial charge in [-0.1, -0.05) is 71.1 Å². The van der Waals surface area contributed by atoms with Gasteiger partial charge in [0.1, 0.15) is 6.04 Å². The average Bonchev–Trinajstić information content (AvgIpc) is 2.88. The van der Waals surface area contributed by atoms with E-state index in [1.165, 1.54) is 51.0 Å². The highest BCUT2D eigenvalue weighted by Gasteiger charge is 2.21. The number of ether oxygens (including phenoxy) is 1. The first-order valence-corrected chi connectivity index (χ1v) is 14.6. The van der Waals surface area contributed by atoms with Crippen LogP contribution >= 0.6 is 0 Å². The van der Waals surface area contributed by atoms with E-state index < -0.39 is 18.0 Å². The Morgan fingerprint density at radius 2 is 1.35 bits per heavy atom. The van der Waals surface area contributed by atoms with Gasteiger partial charge in [0.05, 0.1) is 13.2 Å². The highest BCUT2D eigenvalue weighted by molar-refractivity contribution is 5.83. The fraction of sp³-hybridized carbons (Fsp3) is 0.857. The van der Waals surface area contributed by atoms with Gasteiger partial charge in [-0.2, -0.15) is 0 Å². The summed E-state index contributed by atoms with van der Waals surface area (Å²) in [6, 6.07) is -1.10. The first-order chi connectivity index (χ1) is 18.0. The van der Waals surface area contributed by atoms with Gasteiger partial charge in [-0.25, -0.2) is 19.4 Å². The van der Waals surface area contributed by atoms with E-state index in [1.807, 2.05) is 0 Å². The Kier molecular flexibility index (Phi) is 24.9. The minimum Gasteiger partial charge on any atom is -0.464 e. The third-order valence-corrected chi connectivity index (χ3v) is 6.17. The first-order valence-electron chi connectivity index (χ1n) is 14.6. The molecule has 0 saturated carbocycles. The largest absolute Gasteiger partial charge is 0.464 e. The highest BCUT2D eigenvalue weighted by Crippen LogP contribution is 2.10. The lowest BCUT2D eigenvalue weighted by atomic mass is 10.1. The topological polar surface area (TPSA) is 126 Å². The normalized spacial score (nSPS) is 11.3.